The van der Waals surface area contributed by atoms with Gasteiger partial charge >= 0.3 is 0 Å². The van der Waals surface area contributed by atoms with Gasteiger partial charge in [0, 0.05) is 18.1 Å². The Morgan fingerprint density at radius 1 is 1.30 bits per heavy atom. The minimum absolute atomic E-state index is 0.00198. The second kappa shape index (κ2) is 5.08. The van der Waals surface area contributed by atoms with E-state index >= 15 is 0 Å². The predicted molar refractivity (Wildman–Crippen MR) is 80.6 cm³/mol. The minimum atomic E-state index is -0.220. The SMILES string of the molecule is Cc1c(Cl)ccc2c1CN(c1ccccc1F)C2CN. The van der Waals surface area contributed by atoms with Crippen LogP contribution in [0.5, 0.6) is 0 Å². The lowest BCUT2D eigenvalue weighted by Gasteiger charge is -2.26. The summed E-state index contributed by atoms with van der Waals surface area (Å²) in [6.07, 6.45) is 0. The summed E-state index contributed by atoms with van der Waals surface area (Å²) in [5.74, 6) is -0.220. The molecule has 0 fully saturated rings. The van der Waals surface area contributed by atoms with Gasteiger partial charge in [-0.25, -0.2) is 4.39 Å². The van der Waals surface area contributed by atoms with Crippen molar-refractivity contribution in [2.24, 2.45) is 5.73 Å². The smallest absolute Gasteiger partial charge is 0.146 e. The summed E-state index contributed by atoms with van der Waals surface area (Å²) in [7, 11) is 0. The highest BCUT2D eigenvalue weighted by atomic mass is 35.5. The highest BCUT2D eigenvalue weighted by Crippen LogP contribution is 2.40. The first-order valence-electron chi connectivity index (χ1n) is 6.62. The fourth-order valence-corrected chi connectivity index (χ4v) is 3.09. The third-order valence-electron chi connectivity index (χ3n) is 4.02. The van der Waals surface area contributed by atoms with Gasteiger partial charge < -0.3 is 10.6 Å². The van der Waals surface area contributed by atoms with Gasteiger partial charge in [0.15, 0.2) is 0 Å². The molecule has 0 saturated heterocycles. The average molecular weight is 291 g/mol. The van der Waals surface area contributed by atoms with Crippen molar-refractivity contribution in [3.63, 3.8) is 0 Å². The van der Waals surface area contributed by atoms with E-state index in [-0.39, 0.29) is 11.9 Å². The van der Waals surface area contributed by atoms with Gasteiger partial charge in [-0.05, 0) is 41.8 Å². The summed E-state index contributed by atoms with van der Waals surface area (Å²) in [5.41, 5.74) is 9.88. The molecule has 2 nitrogen and oxygen atoms in total. The van der Waals surface area contributed by atoms with Gasteiger partial charge in [0.05, 0.1) is 11.7 Å². The molecule has 1 aliphatic heterocycles. The topological polar surface area (TPSA) is 29.3 Å². The monoisotopic (exact) mass is 290 g/mol. The molecule has 0 aliphatic carbocycles. The number of nitrogens with zero attached hydrogens (tertiary/aromatic N) is 1. The summed E-state index contributed by atoms with van der Waals surface area (Å²) in [5, 5.41) is 0.745. The van der Waals surface area contributed by atoms with Crippen LogP contribution in [0.4, 0.5) is 10.1 Å². The van der Waals surface area contributed by atoms with Crippen molar-refractivity contribution in [2.45, 2.75) is 19.5 Å². The Kier molecular flexibility index (Phi) is 3.40. The van der Waals surface area contributed by atoms with E-state index in [1.165, 1.54) is 6.07 Å². The summed E-state index contributed by atoms with van der Waals surface area (Å²) in [4.78, 5) is 2.02. The summed E-state index contributed by atoms with van der Waals surface area (Å²) in [6.45, 7) is 3.09. The number of benzene rings is 2. The van der Waals surface area contributed by atoms with Crippen LogP contribution in [-0.4, -0.2) is 6.54 Å². The highest BCUT2D eigenvalue weighted by Gasteiger charge is 2.32. The fraction of sp³-hybridized carbons (Fsp3) is 0.250. The number of hydrogen-bond acceptors (Lipinski definition) is 2. The average Bonchev–Trinajstić information content (AvgIpc) is 2.82. The number of para-hydroxylation sites is 1. The quantitative estimate of drug-likeness (QED) is 0.911. The normalized spacial score (nSPS) is 17.4. The van der Waals surface area contributed by atoms with Crippen LogP contribution in [0, 0.1) is 12.7 Å². The minimum Gasteiger partial charge on any atom is -0.356 e. The summed E-state index contributed by atoms with van der Waals surface area (Å²) >= 11 is 6.18. The van der Waals surface area contributed by atoms with E-state index in [4.69, 9.17) is 17.3 Å². The van der Waals surface area contributed by atoms with E-state index in [0.29, 0.717) is 18.8 Å². The number of nitrogens with two attached hydrogens (primary N) is 1. The number of halogens is 2. The maximum atomic E-state index is 14.0. The molecule has 3 rings (SSSR count). The van der Waals surface area contributed by atoms with Gasteiger partial charge in [-0.15, -0.1) is 0 Å². The Bertz CT molecular complexity index is 657. The predicted octanol–water partition coefficient (Wildman–Crippen LogP) is 3.81. The van der Waals surface area contributed by atoms with Crippen LogP contribution in [0.2, 0.25) is 5.02 Å². The second-order valence-corrected chi connectivity index (χ2v) is 5.48. The highest BCUT2D eigenvalue weighted by molar-refractivity contribution is 6.31. The maximum absolute atomic E-state index is 14.0. The van der Waals surface area contributed by atoms with Gasteiger partial charge in [-0.1, -0.05) is 29.8 Å². The third-order valence-corrected chi connectivity index (χ3v) is 4.43. The molecule has 4 heteroatoms. The van der Waals surface area contributed by atoms with Crippen LogP contribution < -0.4 is 10.6 Å². The van der Waals surface area contributed by atoms with Gasteiger partial charge in [-0.3, -0.25) is 0 Å². The first kappa shape index (κ1) is 13.4. The lowest BCUT2D eigenvalue weighted by Crippen LogP contribution is -2.28. The largest absolute Gasteiger partial charge is 0.356 e. The number of hydrogen-bond donors (Lipinski definition) is 1. The lowest BCUT2D eigenvalue weighted by molar-refractivity contribution is 0.600. The molecule has 1 aliphatic rings. The molecular weight excluding hydrogens is 275 g/mol. The molecule has 0 bridgehead atoms. The molecule has 2 aromatic rings. The molecule has 20 heavy (non-hydrogen) atoms. The number of fused-ring (bicyclic) bond motifs is 1. The Hall–Kier alpha value is -1.58. The van der Waals surface area contributed by atoms with Crippen LogP contribution in [0.25, 0.3) is 0 Å². The van der Waals surface area contributed by atoms with Gasteiger partial charge in [0.25, 0.3) is 0 Å². The van der Waals surface area contributed by atoms with E-state index in [9.17, 15) is 4.39 Å². The van der Waals surface area contributed by atoms with E-state index in [2.05, 4.69) is 0 Å². The van der Waals surface area contributed by atoms with Gasteiger partial charge in [0.2, 0.25) is 0 Å². The molecule has 0 radical (unpaired) electrons. The molecule has 1 unspecified atom stereocenters. The molecular formula is C16H16ClFN2. The molecule has 0 amide bonds. The Morgan fingerprint density at radius 3 is 2.75 bits per heavy atom. The zero-order valence-electron chi connectivity index (χ0n) is 11.2. The first-order valence-corrected chi connectivity index (χ1v) is 7.00. The molecule has 104 valence electrons. The number of anilines is 1. The van der Waals surface area contributed by atoms with Crippen LogP contribution in [-0.2, 0) is 6.54 Å². The molecule has 1 atom stereocenters. The second-order valence-electron chi connectivity index (χ2n) is 5.07. The van der Waals surface area contributed by atoms with Crippen LogP contribution in [0.1, 0.15) is 22.7 Å². The molecule has 2 N–H and O–H groups in total. The maximum Gasteiger partial charge on any atom is 0.146 e. The summed E-state index contributed by atoms with van der Waals surface area (Å²) < 4.78 is 14.0. The first-order chi connectivity index (χ1) is 9.63. The molecule has 0 aromatic heterocycles. The van der Waals surface area contributed by atoms with Crippen LogP contribution >= 0.6 is 11.6 Å². The van der Waals surface area contributed by atoms with Gasteiger partial charge in [-0.2, -0.15) is 0 Å². The van der Waals surface area contributed by atoms with Crippen molar-refractivity contribution in [1.29, 1.82) is 0 Å². The van der Waals surface area contributed by atoms with Crippen molar-refractivity contribution in [2.75, 3.05) is 11.4 Å². The van der Waals surface area contributed by atoms with Crippen molar-refractivity contribution >= 4 is 17.3 Å². The van der Waals surface area contributed by atoms with Crippen LogP contribution in [0.15, 0.2) is 36.4 Å². The molecule has 2 aromatic carbocycles. The van der Waals surface area contributed by atoms with Crippen LogP contribution in [0.3, 0.4) is 0 Å². The standard InChI is InChI=1S/C16H16ClFN2/c1-10-12-9-20(15-5-3-2-4-14(15)18)16(8-19)11(12)6-7-13(10)17/h2-7,16H,8-9,19H2,1H3. The zero-order valence-corrected chi connectivity index (χ0v) is 12.0. The van der Waals surface area contributed by atoms with Gasteiger partial charge in [0.1, 0.15) is 5.82 Å². The Balaban J connectivity index is 2.09. The zero-order chi connectivity index (χ0) is 14.3. The Morgan fingerprint density at radius 2 is 2.05 bits per heavy atom. The summed E-state index contributed by atoms with van der Waals surface area (Å²) in [6, 6.07) is 10.7. The van der Waals surface area contributed by atoms with Crippen molar-refractivity contribution < 1.29 is 4.39 Å². The van der Waals surface area contributed by atoms with Crippen molar-refractivity contribution in [1.82, 2.24) is 0 Å². The van der Waals surface area contributed by atoms with E-state index in [1.807, 2.05) is 30.0 Å². The van der Waals surface area contributed by atoms with Crippen molar-refractivity contribution in [3.8, 4) is 0 Å². The number of rotatable bonds is 2. The lowest BCUT2D eigenvalue weighted by atomic mass is 10.0. The van der Waals surface area contributed by atoms with Crippen molar-refractivity contribution in [3.05, 3.63) is 63.9 Å². The fourth-order valence-electron chi connectivity index (χ4n) is 2.91. The molecule has 1 heterocycles. The van der Waals surface area contributed by atoms with E-state index in [0.717, 1.165) is 21.7 Å². The van der Waals surface area contributed by atoms with E-state index in [1.54, 1.807) is 12.1 Å². The Labute approximate surface area is 123 Å². The third kappa shape index (κ3) is 1.98. The molecule has 0 spiro atoms. The van der Waals surface area contributed by atoms with E-state index < -0.39 is 0 Å². The molecule has 0 saturated carbocycles.